The smallest absolute Gasteiger partial charge is 0.409 e. The molecule has 0 aromatic heterocycles. The van der Waals surface area contributed by atoms with Gasteiger partial charge in [0.2, 0.25) is 0 Å². The summed E-state index contributed by atoms with van der Waals surface area (Å²) in [6, 6.07) is 6.33. The van der Waals surface area contributed by atoms with Crippen LogP contribution in [0.25, 0.3) is 6.08 Å². The molecule has 1 aromatic carbocycles. The minimum atomic E-state index is -0.975. The first-order chi connectivity index (χ1) is 7.49. The molecular weight excluding hydrogens is 210 g/mol. The van der Waals surface area contributed by atoms with Gasteiger partial charge in [0.25, 0.3) is 0 Å². The number of carbonyl (C=O) groups excluding carboxylic acids is 1. The molecular formula is C11H11NO4. The number of benzene rings is 1. The second kappa shape index (κ2) is 4.97. The molecule has 0 saturated heterocycles. The Hall–Kier alpha value is -2.30. The van der Waals surface area contributed by atoms with Crippen molar-refractivity contribution < 1.29 is 19.4 Å². The summed E-state index contributed by atoms with van der Waals surface area (Å²) < 4.78 is 4.62. The number of carboxylic acids is 1. The first-order valence-electron chi connectivity index (χ1n) is 4.48. The summed E-state index contributed by atoms with van der Waals surface area (Å²) in [5, 5.41) is 8.66. The molecule has 0 heterocycles. The zero-order valence-corrected chi connectivity index (χ0v) is 8.64. The van der Waals surface area contributed by atoms with Crippen LogP contribution in [0.3, 0.4) is 0 Å². The van der Waals surface area contributed by atoms with E-state index in [1.165, 1.54) is 25.1 Å². The maximum atomic E-state index is 10.6. The number of carbonyl (C=O) groups is 2. The Morgan fingerprint density at radius 3 is 2.31 bits per heavy atom. The van der Waals surface area contributed by atoms with Gasteiger partial charge in [-0.15, -0.1) is 0 Å². The molecule has 3 N–H and O–H groups in total. The van der Waals surface area contributed by atoms with Crippen molar-refractivity contribution in [1.29, 1.82) is 0 Å². The fourth-order valence-corrected chi connectivity index (χ4v) is 1.06. The number of nitrogens with two attached hydrogens (primary N) is 1. The number of hydrogen-bond acceptors (Lipinski definition) is 3. The Morgan fingerprint density at radius 2 is 1.88 bits per heavy atom. The van der Waals surface area contributed by atoms with Crippen LogP contribution in [0.4, 0.5) is 4.79 Å². The van der Waals surface area contributed by atoms with Crippen molar-refractivity contribution in [3.8, 4) is 5.75 Å². The van der Waals surface area contributed by atoms with Crippen molar-refractivity contribution in [2.75, 3.05) is 0 Å². The third-order valence-corrected chi connectivity index (χ3v) is 1.82. The fourth-order valence-electron chi connectivity index (χ4n) is 1.06. The summed E-state index contributed by atoms with van der Waals surface area (Å²) in [6.07, 6.45) is 0.626. The highest BCUT2D eigenvalue weighted by atomic mass is 16.5. The first-order valence-corrected chi connectivity index (χ1v) is 4.48. The molecule has 0 aliphatic carbocycles. The van der Waals surface area contributed by atoms with Gasteiger partial charge in [-0.2, -0.15) is 0 Å². The van der Waals surface area contributed by atoms with E-state index in [9.17, 15) is 9.59 Å². The number of primary amides is 1. The third-order valence-electron chi connectivity index (χ3n) is 1.82. The Morgan fingerprint density at radius 1 is 1.31 bits per heavy atom. The zero-order chi connectivity index (χ0) is 12.1. The highest BCUT2D eigenvalue weighted by Gasteiger charge is 2.01. The van der Waals surface area contributed by atoms with Gasteiger partial charge < -0.3 is 15.6 Å². The van der Waals surface area contributed by atoms with Gasteiger partial charge >= 0.3 is 12.1 Å². The van der Waals surface area contributed by atoms with Crippen LogP contribution in [0, 0.1) is 0 Å². The summed E-state index contributed by atoms with van der Waals surface area (Å²) >= 11 is 0. The third kappa shape index (κ3) is 3.45. The summed E-state index contributed by atoms with van der Waals surface area (Å²) in [6.45, 7) is 1.50. The molecule has 0 unspecified atom stereocenters. The van der Waals surface area contributed by atoms with Gasteiger partial charge in [0, 0.05) is 5.57 Å². The molecule has 16 heavy (non-hydrogen) atoms. The quantitative estimate of drug-likeness (QED) is 0.759. The van der Waals surface area contributed by atoms with E-state index in [0.29, 0.717) is 11.3 Å². The molecule has 1 amide bonds. The van der Waals surface area contributed by atoms with Gasteiger partial charge in [-0.25, -0.2) is 9.59 Å². The Kier molecular flexibility index (Phi) is 3.66. The lowest BCUT2D eigenvalue weighted by Gasteiger charge is -2.01. The second-order valence-electron chi connectivity index (χ2n) is 3.12. The van der Waals surface area contributed by atoms with Crippen LogP contribution < -0.4 is 10.5 Å². The predicted octanol–water partition coefficient (Wildman–Crippen LogP) is 1.63. The van der Waals surface area contributed by atoms with Crippen molar-refractivity contribution in [2.45, 2.75) is 6.92 Å². The molecule has 1 rings (SSSR count). The lowest BCUT2D eigenvalue weighted by atomic mass is 10.1. The molecule has 0 spiro atoms. The Labute approximate surface area is 92.1 Å². The number of ether oxygens (including phenoxy) is 1. The molecule has 0 atom stereocenters. The Bertz CT molecular complexity index is 434. The molecule has 0 radical (unpaired) electrons. The standard InChI is InChI=1S/C11H11NO4/c1-7(10(13)14)6-8-2-4-9(5-3-8)16-11(12)15/h2-6H,1H3,(H2,12,15)(H,13,14)/b7-6+. The average molecular weight is 221 g/mol. The maximum Gasteiger partial charge on any atom is 0.409 e. The van der Waals surface area contributed by atoms with Crippen molar-refractivity contribution in [1.82, 2.24) is 0 Å². The van der Waals surface area contributed by atoms with Crippen molar-refractivity contribution >= 4 is 18.1 Å². The molecule has 1 aromatic rings. The number of hydrogen-bond donors (Lipinski definition) is 2. The van der Waals surface area contributed by atoms with E-state index in [2.05, 4.69) is 4.74 Å². The number of amides is 1. The van der Waals surface area contributed by atoms with E-state index in [1.807, 2.05) is 0 Å². The highest BCUT2D eigenvalue weighted by molar-refractivity contribution is 5.91. The molecule has 84 valence electrons. The number of aliphatic carboxylic acids is 1. The summed E-state index contributed by atoms with van der Waals surface area (Å²) in [7, 11) is 0. The maximum absolute atomic E-state index is 10.6. The van der Waals surface area contributed by atoms with E-state index < -0.39 is 12.1 Å². The van der Waals surface area contributed by atoms with Crippen LogP contribution in [0.2, 0.25) is 0 Å². The van der Waals surface area contributed by atoms with Gasteiger partial charge in [0.15, 0.2) is 0 Å². The normalized spacial score (nSPS) is 10.9. The van der Waals surface area contributed by atoms with Crippen LogP contribution in [-0.4, -0.2) is 17.2 Å². The van der Waals surface area contributed by atoms with E-state index in [4.69, 9.17) is 10.8 Å². The topological polar surface area (TPSA) is 89.6 Å². The minimum absolute atomic E-state index is 0.226. The average Bonchev–Trinajstić information content (AvgIpc) is 2.20. The largest absolute Gasteiger partial charge is 0.478 e. The Balaban J connectivity index is 2.83. The van der Waals surface area contributed by atoms with Gasteiger partial charge in [0.1, 0.15) is 5.75 Å². The second-order valence-corrected chi connectivity index (χ2v) is 3.12. The number of rotatable bonds is 3. The summed E-state index contributed by atoms with van der Waals surface area (Å²) in [4.78, 5) is 21.0. The number of carboxylic acid groups (broad SMARTS) is 1. The van der Waals surface area contributed by atoms with Crippen LogP contribution in [0.15, 0.2) is 29.8 Å². The predicted molar refractivity (Wildman–Crippen MR) is 57.9 cm³/mol. The molecule has 5 nitrogen and oxygen atoms in total. The summed E-state index contributed by atoms with van der Waals surface area (Å²) in [5.74, 6) is -0.657. The molecule has 0 aliphatic heterocycles. The lowest BCUT2D eigenvalue weighted by molar-refractivity contribution is -0.132. The van der Waals surface area contributed by atoms with E-state index in [-0.39, 0.29) is 5.57 Å². The van der Waals surface area contributed by atoms with E-state index in [1.54, 1.807) is 12.1 Å². The van der Waals surface area contributed by atoms with Crippen molar-refractivity contribution in [2.24, 2.45) is 5.73 Å². The molecule has 0 bridgehead atoms. The van der Waals surface area contributed by atoms with Crippen LogP contribution in [-0.2, 0) is 4.79 Å². The van der Waals surface area contributed by atoms with E-state index in [0.717, 1.165) is 0 Å². The monoisotopic (exact) mass is 221 g/mol. The molecule has 0 saturated carbocycles. The van der Waals surface area contributed by atoms with Gasteiger partial charge in [-0.05, 0) is 30.7 Å². The van der Waals surface area contributed by atoms with Crippen molar-refractivity contribution in [3.63, 3.8) is 0 Å². The molecule has 5 heteroatoms. The lowest BCUT2D eigenvalue weighted by Crippen LogP contribution is -2.16. The highest BCUT2D eigenvalue weighted by Crippen LogP contribution is 2.14. The van der Waals surface area contributed by atoms with Gasteiger partial charge in [-0.3, -0.25) is 0 Å². The van der Waals surface area contributed by atoms with Gasteiger partial charge in [-0.1, -0.05) is 12.1 Å². The first kappa shape index (κ1) is 11.8. The summed E-state index contributed by atoms with van der Waals surface area (Å²) in [5.41, 5.74) is 5.76. The van der Waals surface area contributed by atoms with E-state index >= 15 is 0 Å². The molecule has 0 aliphatic rings. The van der Waals surface area contributed by atoms with Gasteiger partial charge in [0.05, 0.1) is 0 Å². The fraction of sp³-hybridized carbons (Fsp3) is 0.0909. The van der Waals surface area contributed by atoms with Crippen LogP contribution >= 0.6 is 0 Å². The van der Waals surface area contributed by atoms with Crippen LogP contribution in [0.5, 0.6) is 5.75 Å². The SMILES string of the molecule is C/C(=C\c1ccc(OC(N)=O)cc1)C(=O)O. The van der Waals surface area contributed by atoms with Crippen LogP contribution in [0.1, 0.15) is 12.5 Å². The minimum Gasteiger partial charge on any atom is -0.478 e. The van der Waals surface area contributed by atoms with Crippen molar-refractivity contribution in [3.05, 3.63) is 35.4 Å². The zero-order valence-electron chi connectivity index (χ0n) is 8.64. The molecule has 0 fully saturated rings.